The second kappa shape index (κ2) is 10.8. The van der Waals surface area contributed by atoms with Crippen LogP contribution in [0.15, 0.2) is 46.1 Å². The van der Waals surface area contributed by atoms with Gasteiger partial charge in [-0.25, -0.2) is 4.98 Å². The van der Waals surface area contributed by atoms with Crippen LogP contribution in [-0.4, -0.2) is 55.9 Å². The summed E-state index contributed by atoms with van der Waals surface area (Å²) in [6.07, 6.45) is 5.23. The molecule has 2 aromatic heterocycles. The summed E-state index contributed by atoms with van der Waals surface area (Å²) in [5, 5.41) is 9.62. The molecule has 0 N–H and O–H groups in total. The fourth-order valence-electron chi connectivity index (χ4n) is 5.84. The van der Waals surface area contributed by atoms with Gasteiger partial charge in [0.2, 0.25) is 5.13 Å². The number of anilines is 1. The fourth-order valence-corrected chi connectivity index (χ4v) is 8.25. The lowest BCUT2D eigenvalue weighted by molar-refractivity contribution is -0.133. The predicted octanol–water partition coefficient (Wildman–Crippen LogP) is 7.70. The van der Waals surface area contributed by atoms with E-state index in [0.717, 1.165) is 20.1 Å². The van der Waals surface area contributed by atoms with E-state index >= 15 is 0 Å². The van der Waals surface area contributed by atoms with Crippen molar-refractivity contribution in [2.45, 2.75) is 71.9 Å². The van der Waals surface area contributed by atoms with Gasteiger partial charge >= 0.3 is 0 Å². The van der Waals surface area contributed by atoms with Crippen LogP contribution in [0.2, 0.25) is 0 Å². The zero-order valence-electron chi connectivity index (χ0n) is 23.7. The van der Waals surface area contributed by atoms with Gasteiger partial charge in [0.15, 0.2) is 5.11 Å². The smallest absolute Gasteiger partial charge is 0.265 e. The first-order valence-electron chi connectivity index (χ1n) is 13.6. The van der Waals surface area contributed by atoms with E-state index in [9.17, 15) is 9.59 Å². The van der Waals surface area contributed by atoms with E-state index in [1.807, 2.05) is 32.0 Å². The van der Waals surface area contributed by atoms with Gasteiger partial charge < -0.3 is 4.90 Å². The van der Waals surface area contributed by atoms with Crippen molar-refractivity contribution in [3.8, 4) is 0 Å². The average molecular weight is 595 g/mol. The molecule has 0 atom stereocenters. The van der Waals surface area contributed by atoms with Crippen LogP contribution < -0.4 is 4.90 Å². The summed E-state index contributed by atoms with van der Waals surface area (Å²) in [4.78, 5) is 37.5. The van der Waals surface area contributed by atoms with Crippen LogP contribution in [-0.2, 0) is 9.59 Å². The normalized spacial score (nSPS) is 19.4. The van der Waals surface area contributed by atoms with E-state index in [1.165, 1.54) is 57.4 Å². The molecular formula is C29H34N6O2S3. The second-order valence-corrected chi connectivity index (χ2v) is 13.7. The van der Waals surface area contributed by atoms with Crippen LogP contribution in [0.3, 0.4) is 0 Å². The van der Waals surface area contributed by atoms with Gasteiger partial charge in [0.05, 0.1) is 10.4 Å². The minimum absolute atomic E-state index is 0.0985. The highest BCUT2D eigenvalue weighted by molar-refractivity contribution is 7.80. The van der Waals surface area contributed by atoms with Gasteiger partial charge in [0.1, 0.15) is 10.4 Å². The third-order valence-corrected chi connectivity index (χ3v) is 10.0. The van der Waals surface area contributed by atoms with Gasteiger partial charge in [0, 0.05) is 34.7 Å². The number of azo groups is 1. The van der Waals surface area contributed by atoms with Crippen molar-refractivity contribution < 1.29 is 9.59 Å². The molecule has 0 aliphatic carbocycles. The highest BCUT2D eigenvalue weighted by Crippen LogP contribution is 2.42. The lowest BCUT2D eigenvalue weighted by Crippen LogP contribution is -2.58. The molecule has 8 nitrogen and oxygen atoms in total. The minimum Gasteiger partial charge on any atom is -0.361 e. The number of aromatic nitrogens is 1. The van der Waals surface area contributed by atoms with Crippen molar-refractivity contribution in [3.63, 3.8) is 0 Å². The molecule has 0 radical (unpaired) electrons. The number of carbonyl (C=O) groups is 2. The molecule has 0 bridgehead atoms. The summed E-state index contributed by atoms with van der Waals surface area (Å²) in [6.45, 7) is 13.8. The largest absolute Gasteiger partial charge is 0.361 e. The summed E-state index contributed by atoms with van der Waals surface area (Å²) in [5.41, 5.74) is 2.29. The van der Waals surface area contributed by atoms with Crippen LogP contribution in [0.25, 0.3) is 15.6 Å². The number of thiocarbonyl (C=S) groups is 1. The maximum absolute atomic E-state index is 12.9. The Morgan fingerprint density at radius 3 is 2.10 bits per heavy atom. The van der Waals surface area contributed by atoms with Crippen molar-refractivity contribution in [1.82, 2.24) is 14.8 Å². The van der Waals surface area contributed by atoms with Crippen LogP contribution in [0.4, 0.5) is 16.5 Å². The summed E-state index contributed by atoms with van der Waals surface area (Å²) in [5.74, 6) is -0.723. The number of amides is 2. The summed E-state index contributed by atoms with van der Waals surface area (Å²) < 4.78 is 0.932. The highest BCUT2D eigenvalue weighted by atomic mass is 32.1. The van der Waals surface area contributed by atoms with Gasteiger partial charge in [-0.1, -0.05) is 11.3 Å². The molecular weight excluding hydrogens is 561 g/mol. The molecule has 0 spiro atoms. The molecule has 1 aromatic carbocycles. The van der Waals surface area contributed by atoms with Crippen molar-refractivity contribution in [2.24, 2.45) is 10.2 Å². The van der Waals surface area contributed by atoms with E-state index in [0.29, 0.717) is 18.2 Å². The third kappa shape index (κ3) is 5.22. The third-order valence-electron chi connectivity index (χ3n) is 7.58. The number of benzene rings is 1. The van der Waals surface area contributed by atoms with E-state index < -0.39 is 0 Å². The molecule has 2 aliphatic rings. The molecule has 40 heavy (non-hydrogen) atoms. The lowest BCUT2D eigenvalue weighted by atomic mass is 9.79. The van der Waals surface area contributed by atoms with Gasteiger partial charge in [-0.05, 0) is 109 Å². The lowest BCUT2D eigenvalue weighted by Gasteiger charge is -2.54. The van der Waals surface area contributed by atoms with Gasteiger partial charge in [-0.2, -0.15) is 0 Å². The van der Waals surface area contributed by atoms with Gasteiger partial charge in [0.25, 0.3) is 11.8 Å². The minimum atomic E-state index is -0.361. The Bertz CT molecular complexity index is 1460. The van der Waals surface area contributed by atoms with Gasteiger partial charge in [-0.15, -0.1) is 21.6 Å². The molecule has 0 saturated carbocycles. The van der Waals surface area contributed by atoms with E-state index in [-0.39, 0.29) is 33.6 Å². The van der Waals surface area contributed by atoms with E-state index in [2.05, 4.69) is 59.9 Å². The Hall–Kier alpha value is -3.02. The topological polar surface area (TPSA) is 81.5 Å². The molecule has 2 saturated heterocycles. The fraction of sp³-hybridized carbons (Fsp3) is 0.448. The zero-order valence-corrected chi connectivity index (χ0v) is 26.2. The Morgan fingerprint density at radius 1 is 0.950 bits per heavy atom. The first-order chi connectivity index (χ1) is 18.9. The number of carbonyl (C=O) groups excluding carboxylic acids is 2. The number of thiophene rings is 1. The SMILES string of the molecule is CCN1C(=O)C(=Cc2cc3sc(N=Nc4ccc(N5C(C)(C)CCCC5(C)C)cc4)nc3s2)C(=O)N(CC)C1=S. The van der Waals surface area contributed by atoms with Crippen molar-refractivity contribution >= 4 is 83.9 Å². The Morgan fingerprint density at radius 2 is 1.55 bits per heavy atom. The van der Waals surface area contributed by atoms with Crippen LogP contribution in [0.5, 0.6) is 0 Å². The molecule has 3 aromatic rings. The molecule has 2 amide bonds. The van der Waals surface area contributed by atoms with Crippen molar-refractivity contribution in [3.05, 3.63) is 40.8 Å². The number of hydrogen-bond donors (Lipinski definition) is 0. The highest BCUT2D eigenvalue weighted by Gasteiger charge is 2.41. The Labute approximate surface area is 248 Å². The first kappa shape index (κ1) is 28.5. The maximum Gasteiger partial charge on any atom is 0.265 e. The predicted molar refractivity (Wildman–Crippen MR) is 168 cm³/mol. The maximum atomic E-state index is 12.9. The molecule has 2 fully saturated rings. The summed E-state index contributed by atoms with van der Waals surface area (Å²) >= 11 is 8.18. The van der Waals surface area contributed by atoms with Crippen LogP contribution in [0.1, 0.15) is 65.7 Å². The molecule has 0 unspecified atom stereocenters. The monoisotopic (exact) mass is 594 g/mol. The Kier molecular flexibility index (Phi) is 7.66. The van der Waals surface area contributed by atoms with E-state index in [1.54, 1.807) is 6.08 Å². The summed E-state index contributed by atoms with van der Waals surface area (Å²) in [7, 11) is 0. The standard InChI is InChI=1S/C29H34N6O2S3/c1-7-33-24(36)21(25(37)34(8-2)27(33)38)16-20-17-22-23(39-20)30-26(40-22)32-31-18-10-12-19(13-11-18)35-28(3,4)14-9-15-29(35,5)6/h10-13,16-17H,7-9,14-15H2,1-6H3. The molecule has 210 valence electrons. The quantitative estimate of drug-likeness (QED) is 0.126. The number of piperidine rings is 1. The first-order valence-corrected chi connectivity index (χ1v) is 15.6. The Balaban J connectivity index is 1.33. The number of likely N-dealkylation sites (N-methyl/N-ethyl adjacent to an activating group) is 2. The van der Waals surface area contributed by atoms with Gasteiger partial charge in [-0.3, -0.25) is 19.4 Å². The number of thiazole rings is 1. The molecule has 5 rings (SSSR count). The number of nitrogens with zero attached hydrogens (tertiary/aromatic N) is 6. The average Bonchev–Trinajstić information content (AvgIpc) is 3.44. The van der Waals surface area contributed by atoms with Crippen LogP contribution >= 0.6 is 34.9 Å². The zero-order chi connectivity index (χ0) is 28.8. The molecule has 4 heterocycles. The number of fused-ring (bicyclic) bond motifs is 1. The molecule has 2 aliphatic heterocycles. The molecule has 11 heteroatoms. The number of hydrogen-bond acceptors (Lipinski definition) is 9. The van der Waals surface area contributed by atoms with Crippen molar-refractivity contribution in [1.29, 1.82) is 0 Å². The van der Waals surface area contributed by atoms with Crippen molar-refractivity contribution in [2.75, 3.05) is 18.0 Å². The number of rotatable bonds is 6. The van der Waals surface area contributed by atoms with E-state index in [4.69, 9.17) is 12.2 Å². The second-order valence-electron chi connectivity index (χ2n) is 11.3. The summed E-state index contributed by atoms with van der Waals surface area (Å²) in [6, 6.07) is 10.2. The van der Waals surface area contributed by atoms with Crippen LogP contribution in [0, 0.1) is 0 Å².